The van der Waals surface area contributed by atoms with Gasteiger partial charge in [-0.2, -0.15) is 9.61 Å². The maximum Gasteiger partial charge on any atom is 0.274 e. The molecule has 0 spiro atoms. The predicted molar refractivity (Wildman–Crippen MR) is 121 cm³/mol. The highest BCUT2D eigenvalue weighted by molar-refractivity contribution is 6.00. The Balaban J connectivity index is 1.40. The number of carbonyl (C=O) groups excluding carboxylic acids is 1. The van der Waals surface area contributed by atoms with Crippen molar-refractivity contribution >= 4 is 28.9 Å². The molecule has 1 aliphatic carbocycles. The molecule has 3 N–H and O–H groups in total. The van der Waals surface area contributed by atoms with Crippen molar-refractivity contribution in [2.75, 3.05) is 37.0 Å². The van der Waals surface area contributed by atoms with E-state index in [1.165, 1.54) is 6.20 Å². The molecule has 1 saturated heterocycles. The standard InChI is InChI=1S/C22H25N7O4/c30-21(25-13-3-4-13)15-12-24-29-19(15)27-18(17-20(29)23-7-11-33-17)26-16-2-1-8-28(22(16)31)14-5-9-32-10-6-14/h1-2,8,12-14,23H,3-7,9-11H2,(H,25,30)(H,26,27). The number of carbonyl (C=O) groups is 1. The zero-order valence-corrected chi connectivity index (χ0v) is 18.0. The number of fused-ring (bicyclic) bond motifs is 3. The first-order valence-corrected chi connectivity index (χ1v) is 11.3. The Morgan fingerprint density at radius 2 is 2.03 bits per heavy atom. The smallest absolute Gasteiger partial charge is 0.274 e. The molecule has 2 fully saturated rings. The van der Waals surface area contributed by atoms with Gasteiger partial charge in [-0.3, -0.25) is 9.59 Å². The quantitative estimate of drug-likeness (QED) is 0.535. The molecule has 3 aliphatic rings. The topological polar surface area (TPSA) is 124 Å². The van der Waals surface area contributed by atoms with Crippen molar-refractivity contribution in [3.8, 4) is 5.75 Å². The summed E-state index contributed by atoms with van der Waals surface area (Å²) in [6.45, 7) is 2.34. The fraction of sp³-hybridized carbons (Fsp3) is 0.455. The van der Waals surface area contributed by atoms with Crippen molar-refractivity contribution in [1.29, 1.82) is 0 Å². The summed E-state index contributed by atoms with van der Waals surface area (Å²) >= 11 is 0. The number of anilines is 3. The number of rotatable bonds is 5. The van der Waals surface area contributed by atoms with Crippen LogP contribution < -0.4 is 26.2 Å². The first-order valence-electron chi connectivity index (χ1n) is 11.3. The molecule has 172 valence electrons. The summed E-state index contributed by atoms with van der Waals surface area (Å²) in [6, 6.07) is 3.89. The van der Waals surface area contributed by atoms with Crippen LogP contribution in [0.2, 0.25) is 0 Å². The minimum Gasteiger partial charge on any atom is -0.485 e. The Kier molecular flexibility index (Phi) is 4.90. The van der Waals surface area contributed by atoms with Crippen molar-refractivity contribution in [3.05, 3.63) is 40.4 Å². The SMILES string of the molecule is O=C(NC1CC1)c1cnn2c3c(c(Nc4cccn(C5CCOCC5)c4=O)nc12)OCCN3. The van der Waals surface area contributed by atoms with Crippen LogP contribution >= 0.6 is 0 Å². The lowest BCUT2D eigenvalue weighted by atomic mass is 10.1. The number of hydrogen-bond donors (Lipinski definition) is 3. The average Bonchev–Trinajstić information content (AvgIpc) is 3.56. The fourth-order valence-corrected chi connectivity index (χ4v) is 4.31. The van der Waals surface area contributed by atoms with E-state index < -0.39 is 0 Å². The number of hydrogen-bond acceptors (Lipinski definition) is 8. The Morgan fingerprint density at radius 3 is 2.85 bits per heavy atom. The van der Waals surface area contributed by atoms with Crippen molar-refractivity contribution in [2.24, 2.45) is 0 Å². The summed E-state index contributed by atoms with van der Waals surface area (Å²) in [5.41, 5.74) is 1.03. The third kappa shape index (κ3) is 3.67. The van der Waals surface area contributed by atoms with Crippen LogP contribution in [-0.4, -0.2) is 57.5 Å². The minimum absolute atomic E-state index is 0.0998. The Bertz CT molecular complexity index is 1270. The second-order valence-corrected chi connectivity index (χ2v) is 8.56. The lowest BCUT2D eigenvalue weighted by molar-refractivity contribution is 0.0687. The zero-order chi connectivity index (χ0) is 22.4. The second kappa shape index (κ2) is 8.07. The summed E-state index contributed by atoms with van der Waals surface area (Å²) in [6.07, 6.45) is 6.90. The maximum absolute atomic E-state index is 13.3. The molecule has 6 rings (SSSR count). The molecule has 0 radical (unpaired) electrons. The van der Waals surface area contributed by atoms with E-state index in [4.69, 9.17) is 9.47 Å². The highest BCUT2D eigenvalue weighted by Crippen LogP contribution is 2.36. The van der Waals surface area contributed by atoms with Gasteiger partial charge in [0.15, 0.2) is 17.3 Å². The lowest BCUT2D eigenvalue weighted by Gasteiger charge is -2.25. The molecule has 2 aliphatic heterocycles. The van der Waals surface area contributed by atoms with Crippen LogP contribution in [0.15, 0.2) is 29.3 Å². The molecule has 0 unspecified atom stereocenters. The van der Waals surface area contributed by atoms with Gasteiger partial charge in [-0.15, -0.1) is 0 Å². The van der Waals surface area contributed by atoms with Crippen LogP contribution in [0.25, 0.3) is 5.65 Å². The van der Waals surface area contributed by atoms with Crippen LogP contribution in [0.4, 0.5) is 17.3 Å². The highest BCUT2D eigenvalue weighted by Gasteiger charge is 2.28. The van der Waals surface area contributed by atoms with Gasteiger partial charge in [0.05, 0.1) is 12.7 Å². The first-order chi connectivity index (χ1) is 16.2. The minimum atomic E-state index is -0.204. The molecule has 5 heterocycles. The molecule has 3 aromatic rings. The molecular formula is C22H25N7O4. The monoisotopic (exact) mass is 451 g/mol. The Hall–Kier alpha value is -3.60. The molecule has 0 atom stereocenters. The largest absolute Gasteiger partial charge is 0.485 e. The Labute approximate surface area is 189 Å². The first kappa shape index (κ1) is 20.0. The number of nitrogens with zero attached hydrogens (tertiary/aromatic N) is 4. The van der Waals surface area contributed by atoms with Crippen molar-refractivity contribution in [1.82, 2.24) is 24.5 Å². The van der Waals surface area contributed by atoms with Gasteiger partial charge >= 0.3 is 0 Å². The van der Waals surface area contributed by atoms with E-state index in [1.807, 2.05) is 12.3 Å². The third-order valence-corrected chi connectivity index (χ3v) is 6.21. The summed E-state index contributed by atoms with van der Waals surface area (Å²) in [5, 5.41) is 13.8. The second-order valence-electron chi connectivity index (χ2n) is 8.56. The van der Waals surface area contributed by atoms with E-state index in [-0.39, 0.29) is 23.6 Å². The molecular weight excluding hydrogens is 426 g/mol. The van der Waals surface area contributed by atoms with Crippen LogP contribution in [0, 0.1) is 0 Å². The lowest BCUT2D eigenvalue weighted by Crippen LogP contribution is -2.30. The van der Waals surface area contributed by atoms with Crippen LogP contribution in [-0.2, 0) is 4.74 Å². The highest BCUT2D eigenvalue weighted by atomic mass is 16.5. The number of pyridine rings is 1. The fourth-order valence-electron chi connectivity index (χ4n) is 4.31. The molecule has 11 heteroatoms. The molecule has 3 aromatic heterocycles. The summed E-state index contributed by atoms with van der Waals surface area (Å²) in [4.78, 5) is 30.7. The molecule has 33 heavy (non-hydrogen) atoms. The van der Waals surface area contributed by atoms with Gasteiger partial charge in [0.1, 0.15) is 17.9 Å². The number of nitrogens with one attached hydrogen (secondary N) is 3. The average molecular weight is 451 g/mol. The van der Waals surface area contributed by atoms with Gasteiger partial charge in [-0.05, 0) is 37.8 Å². The Morgan fingerprint density at radius 1 is 1.18 bits per heavy atom. The van der Waals surface area contributed by atoms with Crippen LogP contribution in [0.3, 0.4) is 0 Å². The van der Waals surface area contributed by atoms with Gasteiger partial charge in [-0.25, -0.2) is 4.98 Å². The van der Waals surface area contributed by atoms with E-state index in [0.29, 0.717) is 60.6 Å². The van der Waals surface area contributed by atoms with Crippen molar-refractivity contribution in [3.63, 3.8) is 0 Å². The van der Waals surface area contributed by atoms with Crippen LogP contribution in [0.1, 0.15) is 42.1 Å². The van der Waals surface area contributed by atoms with Crippen molar-refractivity contribution in [2.45, 2.75) is 37.8 Å². The molecule has 0 bridgehead atoms. The van der Waals surface area contributed by atoms with Gasteiger partial charge in [0.25, 0.3) is 11.5 Å². The van der Waals surface area contributed by atoms with E-state index in [0.717, 1.165) is 25.7 Å². The van der Waals surface area contributed by atoms with E-state index in [1.54, 1.807) is 15.1 Å². The zero-order valence-electron chi connectivity index (χ0n) is 18.0. The summed E-state index contributed by atoms with van der Waals surface area (Å²) in [7, 11) is 0. The van der Waals surface area contributed by atoms with Crippen molar-refractivity contribution < 1.29 is 14.3 Å². The van der Waals surface area contributed by atoms with E-state index in [9.17, 15) is 9.59 Å². The number of ether oxygens (including phenoxy) is 2. The predicted octanol–water partition coefficient (Wildman–Crippen LogP) is 1.68. The van der Waals surface area contributed by atoms with Crippen LogP contribution in [0.5, 0.6) is 5.75 Å². The maximum atomic E-state index is 13.3. The van der Waals surface area contributed by atoms with Gasteiger partial charge < -0.3 is 30.0 Å². The third-order valence-electron chi connectivity index (χ3n) is 6.21. The van der Waals surface area contributed by atoms with Gasteiger partial charge in [0, 0.05) is 31.5 Å². The number of amides is 1. The van der Waals surface area contributed by atoms with Gasteiger partial charge in [0.2, 0.25) is 5.75 Å². The molecule has 1 amide bonds. The molecule has 1 saturated carbocycles. The van der Waals surface area contributed by atoms with E-state index in [2.05, 4.69) is 26.0 Å². The summed E-state index contributed by atoms with van der Waals surface area (Å²) < 4.78 is 14.7. The summed E-state index contributed by atoms with van der Waals surface area (Å²) in [5.74, 6) is 1.23. The van der Waals surface area contributed by atoms with Gasteiger partial charge in [-0.1, -0.05) is 0 Å². The normalized spacial score (nSPS) is 18.3. The number of aromatic nitrogens is 4. The van der Waals surface area contributed by atoms with E-state index >= 15 is 0 Å². The molecule has 0 aromatic carbocycles. The molecule has 11 nitrogen and oxygen atoms in total.